The highest BCUT2D eigenvalue weighted by molar-refractivity contribution is 7.09. The van der Waals surface area contributed by atoms with Gasteiger partial charge in [-0.15, -0.1) is 11.3 Å². The largest absolute Gasteiger partial charge is 0.399 e. The highest BCUT2D eigenvalue weighted by Crippen LogP contribution is 2.10. The molecule has 0 saturated heterocycles. The Morgan fingerprint density at radius 1 is 1.00 bits per heavy atom. The smallest absolute Gasteiger partial charge is 0.0514 e. The van der Waals surface area contributed by atoms with Gasteiger partial charge in [0.1, 0.15) is 0 Å². The first-order chi connectivity index (χ1) is 8.84. The summed E-state index contributed by atoms with van der Waals surface area (Å²) < 4.78 is 5.63. The molecule has 96 valence electrons. The van der Waals surface area contributed by atoms with E-state index >= 15 is 0 Å². The summed E-state index contributed by atoms with van der Waals surface area (Å²) in [4.78, 5) is 1.40. The lowest BCUT2D eigenvalue weighted by Gasteiger charge is -2.04. The molecule has 18 heavy (non-hydrogen) atoms. The van der Waals surface area contributed by atoms with E-state index < -0.39 is 0 Å². The standard InChI is InChI=1S/C15H19NOS/c16-14-7-5-13(6-8-14)3-1-10-17-11-9-15-4-2-12-18-15/h2,4-8,12H,1,3,9-11,16H2. The average molecular weight is 261 g/mol. The number of aryl methyl sites for hydroxylation is 1. The molecule has 0 atom stereocenters. The van der Waals surface area contributed by atoms with Crippen molar-refractivity contribution < 1.29 is 4.74 Å². The predicted molar refractivity (Wildman–Crippen MR) is 78.0 cm³/mol. The molecule has 0 fully saturated rings. The molecule has 0 aliphatic carbocycles. The molecule has 0 amide bonds. The molecule has 0 aliphatic heterocycles. The third-order valence-electron chi connectivity index (χ3n) is 2.81. The number of nitrogen functional groups attached to an aromatic ring is 1. The number of hydrogen-bond acceptors (Lipinski definition) is 3. The maximum Gasteiger partial charge on any atom is 0.0514 e. The van der Waals surface area contributed by atoms with Crippen LogP contribution in [0.1, 0.15) is 16.9 Å². The molecule has 0 radical (unpaired) electrons. The van der Waals surface area contributed by atoms with Crippen LogP contribution in [-0.4, -0.2) is 13.2 Å². The maximum atomic E-state index is 5.64. The molecular weight excluding hydrogens is 242 g/mol. The van der Waals surface area contributed by atoms with Crippen LogP contribution in [0.25, 0.3) is 0 Å². The van der Waals surface area contributed by atoms with Gasteiger partial charge in [0, 0.05) is 23.6 Å². The number of nitrogens with two attached hydrogens (primary N) is 1. The van der Waals surface area contributed by atoms with Gasteiger partial charge >= 0.3 is 0 Å². The quantitative estimate of drug-likeness (QED) is 0.611. The van der Waals surface area contributed by atoms with Gasteiger partial charge in [-0.05, 0) is 42.0 Å². The Morgan fingerprint density at radius 2 is 1.83 bits per heavy atom. The summed E-state index contributed by atoms with van der Waals surface area (Å²) in [6, 6.07) is 12.3. The molecule has 0 saturated carbocycles. The normalized spacial score (nSPS) is 10.7. The molecule has 0 unspecified atom stereocenters. The van der Waals surface area contributed by atoms with E-state index in [1.165, 1.54) is 10.4 Å². The van der Waals surface area contributed by atoms with Gasteiger partial charge in [-0.1, -0.05) is 18.2 Å². The first-order valence-electron chi connectivity index (χ1n) is 6.29. The van der Waals surface area contributed by atoms with E-state index in [4.69, 9.17) is 10.5 Å². The van der Waals surface area contributed by atoms with Crippen LogP contribution in [0.5, 0.6) is 0 Å². The van der Waals surface area contributed by atoms with Gasteiger partial charge in [-0.3, -0.25) is 0 Å². The van der Waals surface area contributed by atoms with Gasteiger partial charge in [-0.25, -0.2) is 0 Å². The first kappa shape index (κ1) is 13.1. The van der Waals surface area contributed by atoms with Crippen molar-refractivity contribution in [1.82, 2.24) is 0 Å². The molecule has 0 spiro atoms. The van der Waals surface area contributed by atoms with E-state index in [0.717, 1.165) is 38.2 Å². The monoisotopic (exact) mass is 261 g/mol. The van der Waals surface area contributed by atoms with Crippen molar-refractivity contribution in [3.8, 4) is 0 Å². The van der Waals surface area contributed by atoms with Crippen LogP contribution in [0.2, 0.25) is 0 Å². The Morgan fingerprint density at radius 3 is 2.56 bits per heavy atom. The number of anilines is 1. The molecule has 1 aromatic heterocycles. The number of benzene rings is 1. The zero-order valence-electron chi connectivity index (χ0n) is 10.5. The fraction of sp³-hybridized carbons (Fsp3) is 0.333. The highest BCUT2D eigenvalue weighted by atomic mass is 32.1. The van der Waals surface area contributed by atoms with E-state index in [0.29, 0.717) is 0 Å². The van der Waals surface area contributed by atoms with Crippen LogP contribution < -0.4 is 5.73 Å². The second-order valence-electron chi connectivity index (χ2n) is 4.29. The van der Waals surface area contributed by atoms with Crippen LogP contribution in [0, 0.1) is 0 Å². The van der Waals surface area contributed by atoms with Crippen molar-refractivity contribution in [3.63, 3.8) is 0 Å². The van der Waals surface area contributed by atoms with Gasteiger partial charge in [-0.2, -0.15) is 0 Å². The Kier molecular flexibility index (Phi) is 5.24. The van der Waals surface area contributed by atoms with Crippen LogP contribution in [0.4, 0.5) is 5.69 Å². The van der Waals surface area contributed by atoms with Crippen molar-refractivity contribution in [2.45, 2.75) is 19.3 Å². The maximum absolute atomic E-state index is 5.64. The summed E-state index contributed by atoms with van der Waals surface area (Å²) in [5.41, 5.74) is 7.79. The van der Waals surface area contributed by atoms with Crippen LogP contribution in [-0.2, 0) is 17.6 Å². The molecule has 2 rings (SSSR count). The SMILES string of the molecule is Nc1ccc(CCCOCCc2cccs2)cc1. The third-order valence-corrected chi connectivity index (χ3v) is 3.74. The van der Waals surface area contributed by atoms with Gasteiger partial charge < -0.3 is 10.5 Å². The fourth-order valence-electron chi connectivity index (χ4n) is 1.79. The molecule has 3 heteroatoms. The van der Waals surface area contributed by atoms with Crippen LogP contribution in [0.3, 0.4) is 0 Å². The third kappa shape index (κ3) is 4.51. The predicted octanol–water partition coefficient (Wildman–Crippen LogP) is 3.52. The average Bonchev–Trinajstić information content (AvgIpc) is 2.89. The van der Waals surface area contributed by atoms with E-state index in [2.05, 4.69) is 29.6 Å². The van der Waals surface area contributed by atoms with Crippen molar-refractivity contribution in [1.29, 1.82) is 0 Å². The van der Waals surface area contributed by atoms with Crippen LogP contribution >= 0.6 is 11.3 Å². The molecule has 2 nitrogen and oxygen atoms in total. The zero-order chi connectivity index (χ0) is 12.6. The minimum atomic E-state index is 0.822. The topological polar surface area (TPSA) is 35.2 Å². The lowest BCUT2D eigenvalue weighted by Crippen LogP contribution is -2.00. The summed E-state index contributed by atoms with van der Waals surface area (Å²) in [6.45, 7) is 1.65. The Bertz CT molecular complexity index is 436. The van der Waals surface area contributed by atoms with E-state index in [9.17, 15) is 0 Å². The highest BCUT2D eigenvalue weighted by Gasteiger charge is 1.96. The molecule has 0 bridgehead atoms. The van der Waals surface area contributed by atoms with Crippen molar-refractivity contribution in [2.24, 2.45) is 0 Å². The second-order valence-corrected chi connectivity index (χ2v) is 5.32. The summed E-state index contributed by atoms with van der Waals surface area (Å²) in [7, 11) is 0. The molecule has 2 N–H and O–H groups in total. The molecule has 1 aromatic carbocycles. The van der Waals surface area contributed by atoms with Gasteiger partial charge in [0.05, 0.1) is 6.61 Å². The number of thiophene rings is 1. The number of ether oxygens (including phenoxy) is 1. The lowest BCUT2D eigenvalue weighted by atomic mass is 10.1. The van der Waals surface area contributed by atoms with Crippen molar-refractivity contribution >= 4 is 17.0 Å². The van der Waals surface area contributed by atoms with Crippen molar-refractivity contribution in [3.05, 3.63) is 52.2 Å². The molecule has 0 aliphatic rings. The zero-order valence-corrected chi connectivity index (χ0v) is 11.3. The van der Waals surface area contributed by atoms with Crippen molar-refractivity contribution in [2.75, 3.05) is 18.9 Å². The van der Waals surface area contributed by atoms with Gasteiger partial charge in [0.15, 0.2) is 0 Å². The van der Waals surface area contributed by atoms with E-state index in [-0.39, 0.29) is 0 Å². The Balaban J connectivity index is 1.55. The molecule has 1 heterocycles. The van der Waals surface area contributed by atoms with E-state index in [1.54, 1.807) is 11.3 Å². The summed E-state index contributed by atoms with van der Waals surface area (Å²) in [5, 5.41) is 2.11. The summed E-state index contributed by atoms with van der Waals surface area (Å²) in [6.07, 6.45) is 3.15. The number of hydrogen-bond donors (Lipinski definition) is 1. The molecular formula is C15H19NOS. The Hall–Kier alpha value is -1.32. The minimum absolute atomic E-state index is 0.822. The fourth-order valence-corrected chi connectivity index (χ4v) is 2.48. The van der Waals surface area contributed by atoms with E-state index in [1.807, 2.05) is 12.1 Å². The second kappa shape index (κ2) is 7.19. The molecule has 2 aromatic rings. The minimum Gasteiger partial charge on any atom is -0.399 e. The lowest BCUT2D eigenvalue weighted by molar-refractivity contribution is 0.135. The summed E-state index contributed by atoms with van der Waals surface area (Å²) >= 11 is 1.79. The van der Waals surface area contributed by atoms with Gasteiger partial charge in [0.25, 0.3) is 0 Å². The van der Waals surface area contributed by atoms with Gasteiger partial charge in [0.2, 0.25) is 0 Å². The van der Waals surface area contributed by atoms with Crippen LogP contribution in [0.15, 0.2) is 41.8 Å². The Labute approximate surface area is 112 Å². The summed E-state index contributed by atoms with van der Waals surface area (Å²) in [5.74, 6) is 0. The first-order valence-corrected chi connectivity index (χ1v) is 7.17. The number of rotatable bonds is 7.